The van der Waals surface area contributed by atoms with Crippen molar-refractivity contribution in [3.63, 3.8) is 0 Å². The van der Waals surface area contributed by atoms with Crippen molar-refractivity contribution in [3.8, 4) is 0 Å². The number of nitrogens with zero attached hydrogens (tertiary/aromatic N) is 1. The molecule has 0 fully saturated rings. The first-order valence-electron chi connectivity index (χ1n) is 6.32. The van der Waals surface area contributed by atoms with Crippen LogP contribution in [0.5, 0.6) is 0 Å². The Morgan fingerprint density at radius 1 is 0.958 bits per heavy atom. The Balaban J connectivity index is 2.57. The number of primary amides is 1. The van der Waals surface area contributed by atoms with Gasteiger partial charge in [-0.1, -0.05) is 46.4 Å². The van der Waals surface area contributed by atoms with E-state index in [1.54, 1.807) is 0 Å². The Labute approximate surface area is 155 Å². The minimum absolute atomic E-state index is 0.243. The lowest BCUT2D eigenvalue weighted by Crippen LogP contribution is -2.51. The summed E-state index contributed by atoms with van der Waals surface area (Å²) in [5.41, 5.74) is 4.25. The third-order valence-corrected chi connectivity index (χ3v) is 5.18. The first-order chi connectivity index (χ1) is 11.1. The first kappa shape index (κ1) is 18.8. The average Bonchev–Trinajstić information content (AvgIpc) is 2.75. The maximum Gasteiger partial charge on any atom is 0.263 e. The van der Waals surface area contributed by atoms with E-state index in [4.69, 9.17) is 52.1 Å². The van der Waals surface area contributed by atoms with Gasteiger partial charge in [0.2, 0.25) is 5.91 Å². The molecule has 1 unspecified atom stereocenters. The van der Waals surface area contributed by atoms with Crippen LogP contribution in [0.1, 0.15) is 33.6 Å². The van der Waals surface area contributed by atoms with Gasteiger partial charge in [0.15, 0.2) is 0 Å². The SMILES string of the molecule is NC(=O)CCC(C(=O)[O-])N1C(=O)c2c(Cl)c(Cl)c(Cl)c(Cl)c2C1=O. The molecule has 1 heterocycles. The summed E-state index contributed by atoms with van der Waals surface area (Å²) in [6, 6.07) is -1.73. The summed E-state index contributed by atoms with van der Waals surface area (Å²) in [5, 5.41) is 10.2. The number of carbonyl (C=O) groups is 4. The molecule has 1 aliphatic rings. The maximum absolute atomic E-state index is 12.5. The van der Waals surface area contributed by atoms with Gasteiger partial charge in [-0.3, -0.25) is 19.3 Å². The number of amides is 3. The molecule has 128 valence electrons. The highest BCUT2D eigenvalue weighted by molar-refractivity contribution is 6.55. The van der Waals surface area contributed by atoms with Crippen LogP contribution in [-0.2, 0) is 9.59 Å². The normalized spacial score (nSPS) is 14.8. The molecule has 1 aromatic carbocycles. The van der Waals surface area contributed by atoms with E-state index >= 15 is 0 Å². The zero-order valence-electron chi connectivity index (χ0n) is 11.6. The first-order valence-corrected chi connectivity index (χ1v) is 7.83. The van der Waals surface area contributed by atoms with E-state index in [1.807, 2.05) is 0 Å². The number of imide groups is 1. The van der Waals surface area contributed by atoms with Gasteiger partial charge in [0.05, 0.1) is 43.2 Å². The summed E-state index contributed by atoms with van der Waals surface area (Å²) in [6.45, 7) is 0. The lowest BCUT2D eigenvalue weighted by Gasteiger charge is -2.26. The topological polar surface area (TPSA) is 121 Å². The molecular formula is C13H7Cl4N2O5-. The van der Waals surface area contributed by atoms with Gasteiger partial charge in [-0.2, -0.15) is 0 Å². The van der Waals surface area contributed by atoms with Crippen LogP contribution >= 0.6 is 46.4 Å². The molecule has 0 aromatic heterocycles. The molecular weight excluding hydrogens is 406 g/mol. The average molecular weight is 413 g/mol. The molecule has 0 spiro atoms. The molecule has 0 aliphatic carbocycles. The standard InChI is InChI=1S/C13H8Cl4N2O5/c14-7-5-6(8(15)10(17)9(7)16)12(22)19(11(5)21)3(13(23)24)1-2-4(18)20/h3H,1-2H2,(H2,18,20)(H,23,24)/p-1. The molecule has 1 aliphatic heterocycles. The number of carboxylic acids is 1. The summed E-state index contributed by atoms with van der Waals surface area (Å²) < 4.78 is 0. The molecule has 0 saturated carbocycles. The van der Waals surface area contributed by atoms with E-state index in [-0.39, 0.29) is 37.6 Å². The smallest absolute Gasteiger partial charge is 0.263 e. The molecule has 3 amide bonds. The molecule has 11 heteroatoms. The second-order valence-electron chi connectivity index (χ2n) is 4.83. The van der Waals surface area contributed by atoms with Gasteiger partial charge < -0.3 is 15.6 Å². The maximum atomic E-state index is 12.5. The van der Waals surface area contributed by atoms with Crippen molar-refractivity contribution in [1.82, 2.24) is 4.90 Å². The van der Waals surface area contributed by atoms with E-state index in [9.17, 15) is 24.3 Å². The number of benzene rings is 1. The van der Waals surface area contributed by atoms with Gasteiger partial charge >= 0.3 is 0 Å². The summed E-state index contributed by atoms with van der Waals surface area (Å²) in [7, 11) is 0. The van der Waals surface area contributed by atoms with Crippen molar-refractivity contribution in [2.45, 2.75) is 18.9 Å². The number of nitrogens with two attached hydrogens (primary N) is 1. The molecule has 2 rings (SSSR count). The van der Waals surface area contributed by atoms with Gasteiger partial charge in [0.25, 0.3) is 11.8 Å². The number of carbonyl (C=O) groups excluding carboxylic acids is 4. The van der Waals surface area contributed by atoms with Gasteiger partial charge in [0.1, 0.15) is 0 Å². The molecule has 2 N–H and O–H groups in total. The fourth-order valence-electron chi connectivity index (χ4n) is 2.28. The fraction of sp³-hybridized carbons (Fsp3) is 0.231. The number of halogens is 4. The van der Waals surface area contributed by atoms with Crippen molar-refractivity contribution >= 4 is 70.1 Å². The quantitative estimate of drug-likeness (QED) is 0.443. The van der Waals surface area contributed by atoms with Crippen molar-refractivity contribution in [3.05, 3.63) is 31.2 Å². The molecule has 0 radical (unpaired) electrons. The minimum Gasteiger partial charge on any atom is -0.548 e. The van der Waals surface area contributed by atoms with Crippen LogP contribution in [-0.4, -0.2) is 34.6 Å². The molecule has 7 nitrogen and oxygen atoms in total. The predicted octanol–water partition coefficient (Wildman–Crippen LogP) is 1.28. The third-order valence-electron chi connectivity index (χ3n) is 3.38. The summed E-state index contributed by atoms with van der Waals surface area (Å²) in [5.74, 6) is -4.60. The summed E-state index contributed by atoms with van der Waals surface area (Å²) in [6.07, 6.45) is -0.797. The van der Waals surface area contributed by atoms with Crippen LogP contribution in [0, 0.1) is 0 Å². The second-order valence-corrected chi connectivity index (χ2v) is 6.34. The van der Waals surface area contributed by atoms with Crippen LogP contribution in [0.4, 0.5) is 0 Å². The number of rotatable bonds is 5. The van der Waals surface area contributed by atoms with Crippen molar-refractivity contribution in [1.29, 1.82) is 0 Å². The molecule has 24 heavy (non-hydrogen) atoms. The second kappa shape index (κ2) is 6.76. The highest BCUT2D eigenvalue weighted by Gasteiger charge is 2.45. The van der Waals surface area contributed by atoms with Crippen LogP contribution < -0.4 is 10.8 Å². The number of aliphatic carboxylic acids is 1. The largest absolute Gasteiger partial charge is 0.548 e. The number of hydrogen-bond donors (Lipinski definition) is 1. The highest BCUT2D eigenvalue weighted by Crippen LogP contribution is 2.45. The van der Waals surface area contributed by atoms with Gasteiger partial charge in [-0.15, -0.1) is 0 Å². The van der Waals surface area contributed by atoms with Crippen LogP contribution in [0.2, 0.25) is 20.1 Å². The Kier molecular flexibility index (Phi) is 5.29. The van der Waals surface area contributed by atoms with E-state index in [0.717, 1.165) is 0 Å². The molecule has 1 atom stereocenters. The number of hydrogen-bond acceptors (Lipinski definition) is 5. The van der Waals surface area contributed by atoms with Gasteiger partial charge in [-0.05, 0) is 6.42 Å². The number of carboxylic acid groups (broad SMARTS) is 1. The number of fused-ring (bicyclic) bond motifs is 1. The van der Waals surface area contributed by atoms with Crippen molar-refractivity contribution in [2.75, 3.05) is 0 Å². The van der Waals surface area contributed by atoms with E-state index in [0.29, 0.717) is 4.90 Å². The zero-order chi connectivity index (χ0) is 18.3. The lowest BCUT2D eigenvalue weighted by molar-refractivity contribution is -0.310. The van der Waals surface area contributed by atoms with Crippen LogP contribution in [0.3, 0.4) is 0 Å². The molecule has 0 saturated heterocycles. The molecule has 0 bridgehead atoms. The Hall–Kier alpha value is -1.54. The Morgan fingerprint density at radius 3 is 1.71 bits per heavy atom. The van der Waals surface area contributed by atoms with E-state index < -0.39 is 36.2 Å². The zero-order valence-corrected chi connectivity index (χ0v) is 14.6. The van der Waals surface area contributed by atoms with Gasteiger partial charge in [-0.25, -0.2) is 0 Å². The fourth-order valence-corrected chi connectivity index (χ4v) is 3.30. The highest BCUT2D eigenvalue weighted by atomic mass is 35.5. The van der Waals surface area contributed by atoms with E-state index in [2.05, 4.69) is 0 Å². The van der Waals surface area contributed by atoms with Crippen molar-refractivity contribution < 1.29 is 24.3 Å². The van der Waals surface area contributed by atoms with Crippen LogP contribution in [0.25, 0.3) is 0 Å². The lowest BCUT2D eigenvalue weighted by atomic mass is 10.1. The minimum atomic E-state index is -1.74. The monoisotopic (exact) mass is 411 g/mol. The predicted molar refractivity (Wildman–Crippen MR) is 84.2 cm³/mol. The third kappa shape index (κ3) is 2.93. The Bertz CT molecular complexity index is 748. The van der Waals surface area contributed by atoms with E-state index in [1.165, 1.54) is 0 Å². The van der Waals surface area contributed by atoms with Crippen molar-refractivity contribution in [2.24, 2.45) is 5.73 Å². The molecule has 1 aromatic rings. The summed E-state index contributed by atoms with van der Waals surface area (Å²) >= 11 is 23.6. The summed E-state index contributed by atoms with van der Waals surface area (Å²) in [4.78, 5) is 47.6. The van der Waals surface area contributed by atoms with Gasteiger partial charge in [0, 0.05) is 6.42 Å². The van der Waals surface area contributed by atoms with Crippen LogP contribution in [0.15, 0.2) is 0 Å². The Morgan fingerprint density at radius 2 is 1.38 bits per heavy atom.